The lowest BCUT2D eigenvalue weighted by Crippen LogP contribution is -2.46. The van der Waals surface area contributed by atoms with Crippen molar-refractivity contribution in [2.24, 2.45) is 0 Å². The molecule has 88 valence electrons. The summed E-state index contributed by atoms with van der Waals surface area (Å²) in [6.07, 6.45) is 0. The van der Waals surface area contributed by atoms with Gasteiger partial charge in [-0.1, -0.05) is 0 Å². The van der Waals surface area contributed by atoms with Crippen LogP contribution >= 0.6 is 0 Å². The monoisotopic (exact) mass is 221 g/mol. The Hall–Kier alpha value is -0.325. The summed E-state index contributed by atoms with van der Waals surface area (Å²) < 4.78 is 51.9. The van der Waals surface area contributed by atoms with Crippen LogP contribution in [0.2, 0.25) is 0 Å². The van der Waals surface area contributed by atoms with Gasteiger partial charge in [-0.2, -0.15) is 4.39 Å². The molecule has 0 saturated carbocycles. The van der Waals surface area contributed by atoms with Crippen LogP contribution in [0.4, 0.5) is 21.7 Å². The van der Waals surface area contributed by atoms with E-state index in [1.54, 1.807) is 0 Å². The molecule has 0 aromatic rings. The third-order valence-electron chi connectivity index (χ3n) is 2.27. The molecule has 0 aliphatic heterocycles. The molecule has 0 aromatic heterocycles. The number of alkyl halides is 1. The predicted octanol–water partition coefficient (Wildman–Crippen LogP) is 3.09. The van der Waals surface area contributed by atoms with Crippen molar-refractivity contribution in [1.82, 2.24) is 0 Å². The molecule has 0 fully saturated rings. The summed E-state index contributed by atoms with van der Waals surface area (Å²) in [5.41, 5.74) is 0. The zero-order chi connectivity index (χ0) is 11.8. The van der Waals surface area contributed by atoms with Gasteiger partial charge in [0.25, 0.3) is 0 Å². The van der Waals surface area contributed by atoms with Gasteiger partial charge in [-0.15, -0.1) is 0 Å². The molecule has 0 aliphatic rings. The maximum atomic E-state index is 12.3. The molecule has 7 heteroatoms. The molecular formula is C7H17BF5N. The Kier molecular flexibility index (Phi) is 8.10. The molecule has 0 atom stereocenters. The molecule has 0 spiro atoms. The van der Waals surface area contributed by atoms with Crippen molar-refractivity contribution < 1.29 is 26.1 Å². The van der Waals surface area contributed by atoms with Gasteiger partial charge >= 0.3 is 7.25 Å². The molecule has 0 unspecified atom stereocenters. The second-order valence-corrected chi connectivity index (χ2v) is 2.90. The minimum absolute atomic E-state index is 0.219. The fraction of sp³-hybridized carbons (Fsp3) is 1.00. The van der Waals surface area contributed by atoms with Gasteiger partial charge in [0.05, 0.1) is 19.6 Å². The normalized spacial score (nSPS) is 12.0. The van der Waals surface area contributed by atoms with Crippen LogP contribution in [-0.4, -0.2) is 38.2 Å². The maximum Gasteiger partial charge on any atom is 0.673 e. The first-order chi connectivity index (χ1) is 6.24. The minimum Gasteiger partial charge on any atom is -0.418 e. The van der Waals surface area contributed by atoms with Gasteiger partial charge in [0.2, 0.25) is 6.80 Å². The van der Waals surface area contributed by atoms with Gasteiger partial charge in [-0.3, -0.25) is 4.48 Å². The van der Waals surface area contributed by atoms with Gasteiger partial charge in [0.15, 0.2) is 0 Å². The van der Waals surface area contributed by atoms with Crippen LogP contribution in [0.3, 0.4) is 0 Å². The molecule has 0 rings (SSSR count). The van der Waals surface area contributed by atoms with E-state index in [9.17, 15) is 21.7 Å². The maximum absolute atomic E-state index is 12.3. The highest BCUT2D eigenvalue weighted by Crippen LogP contribution is 2.06. The fourth-order valence-corrected chi connectivity index (χ4v) is 0.924. The first kappa shape index (κ1) is 16.1. The Bertz CT molecular complexity index is 111. The van der Waals surface area contributed by atoms with Crippen molar-refractivity contribution in [3.63, 3.8) is 0 Å². The molecule has 0 saturated heterocycles. The lowest BCUT2D eigenvalue weighted by atomic mass is 10.3. The summed E-state index contributed by atoms with van der Waals surface area (Å²) >= 11 is 0. The van der Waals surface area contributed by atoms with E-state index < -0.39 is 7.25 Å². The summed E-state index contributed by atoms with van der Waals surface area (Å²) in [6, 6.07) is 0. The Labute approximate surface area is 81.6 Å². The molecule has 0 bridgehead atoms. The Morgan fingerprint density at radius 1 is 0.857 bits per heavy atom. The smallest absolute Gasteiger partial charge is 0.418 e. The van der Waals surface area contributed by atoms with Crippen LogP contribution < -0.4 is 0 Å². The minimum atomic E-state index is -6.00. The predicted molar refractivity (Wildman–Crippen MR) is 48.0 cm³/mol. The van der Waals surface area contributed by atoms with E-state index in [1.807, 2.05) is 20.8 Å². The van der Waals surface area contributed by atoms with Crippen LogP contribution in [0.15, 0.2) is 0 Å². The van der Waals surface area contributed by atoms with Crippen molar-refractivity contribution >= 4 is 7.25 Å². The van der Waals surface area contributed by atoms with Crippen molar-refractivity contribution in [1.29, 1.82) is 0 Å². The number of nitrogens with zero attached hydrogens (tertiary/aromatic N) is 1. The first-order valence-corrected chi connectivity index (χ1v) is 4.53. The summed E-state index contributed by atoms with van der Waals surface area (Å²) in [5, 5.41) is 0. The summed E-state index contributed by atoms with van der Waals surface area (Å²) in [5.74, 6) is 0. The van der Waals surface area contributed by atoms with Crippen molar-refractivity contribution in [2.45, 2.75) is 20.8 Å². The fourth-order valence-electron chi connectivity index (χ4n) is 0.924. The topological polar surface area (TPSA) is 0 Å². The van der Waals surface area contributed by atoms with E-state index in [0.717, 1.165) is 19.6 Å². The molecule has 14 heavy (non-hydrogen) atoms. The standard InChI is InChI=1S/C7H17FN.BF4/c1-4-9(5-2,6-3)7-8;2-1(3,4)5/h4-7H2,1-3H3;/q+1;-1. The van der Waals surface area contributed by atoms with Gasteiger partial charge in [-0.25, -0.2) is 0 Å². The zero-order valence-corrected chi connectivity index (χ0v) is 8.74. The van der Waals surface area contributed by atoms with Gasteiger partial charge in [-0.05, 0) is 20.8 Å². The van der Waals surface area contributed by atoms with Gasteiger partial charge < -0.3 is 17.3 Å². The lowest BCUT2D eigenvalue weighted by Gasteiger charge is -2.31. The zero-order valence-electron chi connectivity index (χ0n) is 8.74. The van der Waals surface area contributed by atoms with Gasteiger partial charge in [0, 0.05) is 0 Å². The Balaban J connectivity index is 0. The summed E-state index contributed by atoms with van der Waals surface area (Å²) in [4.78, 5) is 0. The largest absolute Gasteiger partial charge is 0.673 e. The Morgan fingerprint density at radius 3 is 1.07 bits per heavy atom. The third-order valence-corrected chi connectivity index (χ3v) is 2.27. The van der Waals surface area contributed by atoms with Crippen LogP contribution in [0.25, 0.3) is 0 Å². The molecular weight excluding hydrogens is 204 g/mol. The Morgan fingerprint density at radius 2 is 1.07 bits per heavy atom. The quantitative estimate of drug-likeness (QED) is 0.296. The molecule has 0 amide bonds. The highest BCUT2D eigenvalue weighted by Gasteiger charge is 2.20. The van der Waals surface area contributed by atoms with Gasteiger partial charge in [0.1, 0.15) is 0 Å². The van der Waals surface area contributed by atoms with E-state index in [2.05, 4.69) is 0 Å². The number of halogens is 5. The number of quaternary nitrogens is 1. The lowest BCUT2D eigenvalue weighted by molar-refractivity contribution is -0.934. The van der Waals surface area contributed by atoms with Crippen LogP contribution in [0.5, 0.6) is 0 Å². The highest BCUT2D eigenvalue weighted by atomic mass is 19.5. The number of hydrogen-bond acceptors (Lipinski definition) is 0. The van der Waals surface area contributed by atoms with E-state index in [-0.39, 0.29) is 6.80 Å². The van der Waals surface area contributed by atoms with E-state index in [4.69, 9.17) is 0 Å². The van der Waals surface area contributed by atoms with Crippen molar-refractivity contribution in [2.75, 3.05) is 26.4 Å². The third kappa shape index (κ3) is 9.76. The molecule has 0 radical (unpaired) electrons. The van der Waals surface area contributed by atoms with Crippen molar-refractivity contribution in [3.05, 3.63) is 0 Å². The molecule has 0 aromatic carbocycles. The van der Waals surface area contributed by atoms with Crippen LogP contribution in [-0.2, 0) is 0 Å². The second kappa shape index (κ2) is 7.03. The highest BCUT2D eigenvalue weighted by molar-refractivity contribution is 6.50. The molecule has 0 aliphatic carbocycles. The van der Waals surface area contributed by atoms with E-state index >= 15 is 0 Å². The SMILES string of the molecule is CC[N+](CC)(CC)CF.F[B-](F)(F)F. The van der Waals surface area contributed by atoms with Crippen molar-refractivity contribution in [3.8, 4) is 0 Å². The average Bonchev–Trinajstić information content (AvgIpc) is 2.07. The molecule has 1 nitrogen and oxygen atoms in total. The summed E-state index contributed by atoms with van der Waals surface area (Å²) in [7, 11) is -6.00. The average molecular weight is 221 g/mol. The molecule has 0 N–H and O–H groups in total. The van der Waals surface area contributed by atoms with Crippen LogP contribution in [0.1, 0.15) is 20.8 Å². The van der Waals surface area contributed by atoms with E-state index in [1.165, 1.54) is 0 Å². The number of rotatable bonds is 4. The second-order valence-electron chi connectivity index (χ2n) is 2.90. The van der Waals surface area contributed by atoms with E-state index in [0.29, 0.717) is 4.48 Å². The molecule has 0 heterocycles. The summed E-state index contributed by atoms with van der Waals surface area (Å²) in [6.45, 7) is 8.60. The first-order valence-electron chi connectivity index (χ1n) is 4.53. The van der Waals surface area contributed by atoms with Crippen LogP contribution in [0, 0.1) is 0 Å². The number of hydrogen-bond donors (Lipinski definition) is 0.